The molecule has 3 N–H and O–H groups in total. The van der Waals surface area contributed by atoms with Crippen molar-refractivity contribution in [3.8, 4) is 5.75 Å². The number of hydrogen-bond acceptors (Lipinski definition) is 7. The molecular formula is C27H32F3N5O3. The Morgan fingerprint density at radius 2 is 1.92 bits per heavy atom. The lowest BCUT2D eigenvalue weighted by atomic mass is 9.89. The molecule has 0 unspecified atom stereocenters. The molecule has 2 atom stereocenters. The Labute approximate surface area is 219 Å². The summed E-state index contributed by atoms with van der Waals surface area (Å²) in [6.45, 7) is 7.20. The largest absolute Gasteiger partial charge is 0.476 e. The van der Waals surface area contributed by atoms with Crippen LogP contribution in [-0.2, 0) is 10.7 Å². The molecule has 0 fully saturated rings. The molecule has 2 aromatic carbocycles. The van der Waals surface area contributed by atoms with Crippen molar-refractivity contribution in [1.29, 1.82) is 0 Å². The van der Waals surface area contributed by atoms with E-state index in [-0.39, 0.29) is 11.5 Å². The molecule has 11 heteroatoms. The second-order valence-corrected chi connectivity index (χ2v) is 10.4. The summed E-state index contributed by atoms with van der Waals surface area (Å²) in [5.74, 6) is -3.96. The van der Waals surface area contributed by atoms with Gasteiger partial charge in [-0.25, -0.2) is 14.4 Å². The number of carbonyl (C=O) groups is 1. The highest BCUT2D eigenvalue weighted by Gasteiger charge is 2.52. The Kier molecular flexibility index (Phi) is 6.82. The van der Waals surface area contributed by atoms with E-state index in [0.29, 0.717) is 34.0 Å². The van der Waals surface area contributed by atoms with E-state index in [2.05, 4.69) is 20.6 Å². The maximum Gasteiger partial charge on any atom is 0.305 e. The zero-order chi connectivity index (χ0) is 28.2. The van der Waals surface area contributed by atoms with Crippen molar-refractivity contribution in [2.24, 2.45) is 0 Å². The number of carbonyl (C=O) groups excluding carboxylic acids is 1. The summed E-state index contributed by atoms with van der Waals surface area (Å²) in [6.07, 6.45) is 0. The van der Waals surface area contributed by atoms with Gasteiger partial charge in [-0.15, -0.1) is 0 Å². The van der Waals surface area contributed by atoms with Crippen LogP contribution < -0.4 is 20.3 Å². The third-order valence-electron chi connectivity index (χ3n) is 6.82. The molecule has 1 aromatic heterocycles. The minimum atomic E-state index is -3.86. The fourth-order valence-electron chi connectivity index (χ4n) is 4.70. The van der Waals surface area contributed by atoms with Crippen molar-refractivity contribution in [2.75, 3.05) is 30.9 Å². The van der Waals surface area contributed by atoms with Crippen molar-refractivity contribution >= 4 is 28.3 Å². The van der Waals surface area contributed by atoms with Crippen molar-refractivity contribution in [3.05, 3.63) is 53.1 Å². The lowest BCUT2D eigenvalue weighted by molar-refractivity contribution is -0.177. The van der Waals surface area contributed by atoms with Crippen molar-refractivity contribution in [2.45, 2.75) is 57.8 Å². The minimum absolute atomic E-state index is 0.0258. The van der Waals surface area contributed by atoms with Gasteiger partial charge in [0.15, 0.2) is 5.60 Å². The SMILES string of the molecule is CNC[C@](C)(O)C(F)(F)c1cccc([C@@H](C)Nc2nc(C)nc3cc4c(cc23)N(C)C(=O)C(C)(C)O4)c1F. The van der Waals surface area contributed by atoms with Gasteiger partial charge in [-0.2, -0.15) is 8.78 Å². The zero-order valence-electron chi connectivity index (χ0n) is 22.4. The molecule has 2 heterocycles. The van der Waals surface area contributed by atoms with E-state index in [0.717, 1.165) is 13.0 Å². The molecule has 0 aliphatic carbocycles. The van der Waals surface area contributed by atoms with Crippen LogP contribution in [0, 0.1) is 12.7 Å². The average molecular weight is 532 g/mol. The van der Waals surface area contributed by atoms with Gasteiger partial charge in [-0.1, -0.05) is 12.1 Å². The van der Waals surface area contributed by atoms with E-state index in [1.165, 1.54) is 24.1 Å². The second kappa shape index (κ2) is 9.39. The summed E-state index contributed by atoms with van der Waals surface area (Å²) in [5, 5.41) is 16.5. The molecule has 4 rings (SSSR count). The molecule has 0 bridgehead atoms. The number of fused-ring (bicyclic) bond motifs is 2. The van der Waals surface area contributed by atoms with Crippen molar-refractivity contribution in [3.63, 3.8) is 0 Å². The molecule has 0 saturated carbocycles. The number of amides is 1. The topological polar surface area (TPSA) is 99.6 Å². The van der Waals surface area contributed by atoms with Gasteiger partial charge in [0.05, 0.1) is 22.8 Å². The number of aromatic nitrogens is 2. The third-order valence-corrected chi connectivity index (χ3v) is 6.82. The Morgan fingerprint density at radius 3 is 2.58 bits per heavy atom. The molecule has 38 heavy (non-hydrogen) atoms. The molecule has 3 aromatic rings. The lowest BCUT2D eigenvalue weighted by Gasteiger charge is -2.37. The van der Waals surface area contributed by atoms with Crippen LogP contribution in [0.2, 0.25) is 0 Å². The molecule has 0 spiro atoms. The average Bonchev–Trinajstić information content (AvgIpc) is 2.81. The molecule has 1 amide bonds. The number of ether oxygens (including phenoxy) is 1. The number of likely N-dealkylation sites (N-methyl/N-ethyl adjacent to an activating group) is 2. The van der Waals surface area contributed by atoms with Gasteiger partial charge >= 0.3 is 5.92 Å². The maximum atomic E-state index is 15.5. The molecular weight excluding hydrogens is 499 g/mol. The summed E-state index contributed by atoms with van der Waals surface area (Å²) in [7, 11) is 3.07. The van der Waals surface area contributed by atoms with Crippen LogP contribution in [0.25, 0.3) is 10.9 Å². The van der Waals surface area contributed by atoms with E-state index in [1.54, 1.807) is 46.9 Å². The summed E-state index contributed by atoms with van der Waals surface area (Å²) in [5.41, 5.74) is -3.44. The van der Waals surface area contributed by atoms with Crippen LogP contribution >= 0.6 is 0 Å². The van der Waals surface area contributed by atoms with Crippen LogP contribution in [0.15, 0.2) is 30.3 Å². The first-order chi connectivity index (χ1) is 17.6. The Balaban J connectivity index is 1.75. The fraction of sp³-hybridized carbons (Fsp3) is 0.444. The number of nitrogens with zero attached hydrogens (tertiary/aromatic N) is 3. The van der Waals surface area contributed by atoms with Crippen LogP contribution in [0.5, 0.6) is 5.75 Å². The normalized spacial score (nSPS) is 17.6. The third kappa shape index (κ3) is 4.54. The van der Waals surface area contributed by atoms with Gasteiger partial charge in [0.1, 0.15) is 28.8 Å². The molecule has 1 aliphatic heterocycles. The predicted octanol–water partition coefficient (Wildman–Crippen LogP) is 4.45. The summed E-state index contributed by atoms with van der Waals surface area (Å²) >= 11 is 0. The highest BCUT2D eigenvalue weighted by molar-refractivity contribution is 6.05. The van der Waals surface area contributed by atoms with Gasteiger partial charge < -0.3 is 25.4 Å². The van der Waals surface area contributed by atoms with Crippen LogP contribution in [0.4, 0.5) is 24.7 Å². The standard InChI is InChI=1S/C27H32F3N5O3/c1-14(16-9-8-10-18(22(16)28)27(29,30)26(5,37)13-31-6)32-23-17-11-20-21(12-19(17)33-15(2)34-23)38-25(3,4)24(36)35(20)7/h8-12,14,31,37H,13H2,1-7H3,(H,32,33,34)/t14-,26+/m1/s1. The fourth-order valence-corrected chi connectivity index (χ4v) is 4.70. The first-order valence-electron chi connectivity index (χ1n) is 12.2. The second-order valence-electron chi connectivity index (χ2n) is 10.4. The van der Waals surface area contributed by atoms with Gasteiger partial charge in [0.25, 0.3) is 5.91 Å². The van der Waals surface area contributed by atoms with Gasteiger partial charge in [-0.05, 0) is 53.8 Å². The number of rotatable bonds is 7. The Morgan fingerprint density at radius 1 is 1.24 bits per heavy atom. The molecule has 1 aliphatic rings. The predicted molar refractivity (Wildman–Crippen MR) is 139 cm³/mol. The Hall–Kier alpha value is -3.44. The quantitative estimate of drug-likeness (QED) is 0.414. The smallest absolute Gasteiger partial charge is 0.305 e. The number of anilines is 2. The summed E-state index contributed by atoms with van der Waals surface area (Å²) in [4.78, 5) is 23.2. The van der Waals surface area contributed by atoms with Crippen molar-refractivity contribution < 1.29 is 27.8 Å². The van der Waals surface area contributed by atoms with E-state index < -0.39 is 41.1 Å². The highest BCUT2D eigenvalue weighted by Crippen LogP contribution is 2.43. The minimum Gasteiger partial charge on any atom is -0.476 e. The number of benzene rings is 2. The highest BCUT2D eigenvalue weighted by atomic mass is 19.3. The molecule has 0 saturated heterocycles. The molecule has 204 valence electrons. The number of aryl methyl sites for hydroxylation is 1. The number of alkyl halides is 2. The van der Waals surface area contributed by atoms with Crippen molar-refractivity contribution in [1.82, 2.24) is 15.3 Å². The number of hydrogen-bond donors (Lipinski definition) is 3. The van der Waals surface area contributed by atoms with E-state index >= 15 is 13.2 Å². The number of nitrogens with one attached hydrogen (secondary N) is 2. The van der Waals surface area contributed by atoms with Crippen LogP contribution in [0.3, 0.4) is 0 Å². The number of halogens is 3. The van der Waals surface area contributed by atoms with Gasteiger partial charge in [0.2, 0.25) is 0 Å². The van der Waals surface area contributed by atoms with Crippen LogP contribution in [-0.4, -0.2) is 52.8 Å². The molecule has 8 nitrogen and oxygen atoms in total. The van der Waals surface area contributed by atoms with E-state index in [4.69, 9.17) is 4.74 Å². The lowest BCUT2D eigenvalue weighted by Crippen LogP contribution is -2.50. The summed E-state index contributed by atoms with van der Waals surface area (Å²) in [6, 6.07) is 6.34. The first kappa shape index (κ1) is 27.6. The van der Waals surface area contributed by atoms with E-state index in [1.807, 2.05) is 0 Å². The molecule has 0 radical (unpaired) electrons. The Bertz CT molecular complexity index is 1410. The number of aliphatic hydroxyl groups is 1. The summed E-state index contributed by atoms with van der Waals surface area (Å²) < 4.78 is 51.8. The van der Waals surface area contributed by atoms with Crippen LogP contribution in [0.1, 0.15) is 50.7 Å². The monoisotopic (exact) mass is 531 g/mol. The van der Waals surface area contributed by atoms with Gasteiger partial charge in [0, 0.05) is 30.6 Å². The maximum absolute atomic E-state index is 15.5. The van der Waals surface area contributed by atoms with E-state index in [9.17, 15) is 9.90 Å². The van der Waals surface area contributed by atoms with Gasteiger partial charge in [-0.3, -0.25) is 4.79 Å². The zero-order valence-corrected chi connectivity index (χ0v) is 22.4. The first-order valence-corrected chi connectivity index (χ1v) is 12.2.